The standard InChI is InChI=1S/C26H29ClN2O5S/c1-18-5-7-20(8-6-18)16-29(35(31,32)23-12-10-22(27)11-13-23)17-26(30)28-19(2)21-9-14-24(33-3)25(15-21)34-4/h5-15,19H,16-17H2,1-4H3,(H,28,30)/t19-/m0/s1. The first-order valence-corrected chi connectivity index (χ1v) is 12.8. The Morgan fingerprint density at radius 1 is 0.971 bits per heavy atom. The number of hydrogen-bond donors (Lipinski definition) is 1. The summed E-state index contributed by atoms with van der Waals surface area (Å²) in [5.41, 5.74) is 2.62. The van der Waals surface area contributed by atoms with Gasteiger partial charge in [-0.05, 0) is 61.4 Å². The molecule has 0 aliphatic carbocycles. The minimum absolute atomic E-state index is 0.0450. The predicted molar refractivity (Wildman–Crippen MR) is 136 cm³/mol. The molecule has 0 saturated heterocycles. The summed E-state index contributed by atoms with van der Waals surface area (Å²) >= 11 is 5.94. The average Bonchev–Trinajstić information content (AvgIpc) is 2.84. The van der Waals surface area contributed by atoms with Crippen LogP contribution in [0, 0.1) is 6.92 Å². The van der Waals surface area contributed by atoms with E-state index in [-0.39, 0.29) is 24.0 Å². The van der Waals surface area contributed by atoms with E-state index < -0.39 is 15.9 Å². The quantitative estimate of drug-likeness (QED) is 0.421. The van der Waals surface area contributed by atoms with Gasteiger partial charge in [-0.25, -0.2) is 8.42 Å². The van der Waals surface area contributed by atoms with E-state index in [4.69, 9.17) is 21.1 Å². The number of benzene rings is 3. The van der Waals surface area contributed by atoms with Crippen LogP contribution in [0.4, 0.5) is 0 Å². The van der Waals surface area contributed by atoms with Crippen LogP contribution in [0.1, 0.15) is 29.7 Å². The molecule has 3 aromatic rings. The molecule has 0 saturated carbocycles. The molecule has 0 aromatic heterocycles. The number of carbonyl (C=O) groups is 1. The van der Waals surface area contributed by atoms with Crippen LogP contribution in [0.25, 0.3) is 0 Å². The number of amides is 1. The van der Waals surface area contributed by atoms with E-state index in [0.717, 1.165) is 21.0 Å². The van der Waals surface area contributed by atoms with Gasteiger partial charge in [0.05, 0.1) is 31.7 Å². The van der Waals surface area contributed by atoms with Gasteiger partial charge in [0, 0.05) is 11.6 Å². The van der Waals surface area contributed by atoms with Gasteiger partial charge < -0.3 is 14.8 Å². The number of halogens is 1. The maximum absolute atomic E-state index is 13.4. The molecule has 1 N–H and O–H groups in total. The highest BCUT2D eigenvalue weighted by molar-refractivity contribution is 7.89. The Bertz CT molecular complexity index is 1260. The van der Waals surface area contributed by atoms with E-state index in [2.05, 4.69) is 5.32 Å². The van der Waals surface area contributed by atoms with E-state index in [9.17, 15) is 13.2 Å². The number of sulfonamides is 1. The Labute approximate surface area is 211 Å². The number of hydrogen-bond acceptors (Lipinski definition) is 5. The molecular formula is C26H29ClN2O5S. The van der Waals surface area contributed by atoms with Gasteiger partial charge in [-0.3, -0.25) is 4.79 Å². The minimum Gasteiger partial charge on any atom is -0.493 e. The van der Waals surface area contributed by atoms with Gasteiger partial charge in [-0.1, -0.05) is 47.5 Å². The molecule has 186 valence electrons. The van der Waals surface area contributed by atoms with Gasteiger partial charge in [0.25, 0.3) is 0 Å². The number of nitrogens with zero attached hydrogens (tertiary/aromatic N) is 1. The molecule has 0 unspecified atom stereocenters. The second kappa shape index (κ2) is 11.6. The molecule has 1 amide bonds. The summed E-state index contributed by atoms with van der Waals surface area (Å²) in [5, 5.41) is 3.31. The van der Waals surface area contributed by atoms with Crippen molar-refractivity contribution in [1.29, 1.82) is 0 Å². The Hall–Kier alpha value is -3.07. The van der Waals surface area contributed by atoms with Crippen molar-refractivity contribution in [2.75, 3.05) is 20.8 Å². The summed E-state index contributed by atoms with van der Waals surface area (Å²) in [4.78, 5) is 13.1. The van der Waals surface area contributed by atoms with Crippen LogP contribution in [0.15, 0.2) is 71.6 Å². The molecule has 0 bridgehead atoms. The first-order chi connectivity index (χ1) is 16.6. The first kappa shape index (κ1) is 26.5. The number of rotatable bonds is 10. The van der Waals surface area contributed by atoms with Gasteiger partial charge in [-0.15, -0.1) is 0 Å². The lowest BCUT2D eigenvalue weighted by Gasteiger charge is -2.23. The van der Waals surface area contributed by atoms with Crippen molar-refractivity contribution < 1.29 is 22.7 Å². The van der Waals surface area contributed by atoms with Crippen LogP contribution in [0.3, 0.4) is 0 Å². The normalized spacial score (nSPS) is 12.3. The number of aryl methyl sites for hydroxylation is 1. The third-order valence-electron chi connectivity index (χ3n) is 5.54. The van der Waals surface area contributed by atoms with Gasteiger partial charge in [0.15, 0.2) is 11.5 Å². The third kappa shape index (κ3) is 6.75. The largest absolute Gasteiger partial charge is 0.493 e. The molecule has 1 atom stereocenters. The zero-order valence-electron chi connectivity index (χ0n) is 20.1. The van der Waals surface area contributed by atoms with E-state index >= 15 is 0 Å². The fourth-order valence-corrected chi connectivity index (χ4v) is 5.04. The van der Waals surface area contributed by atoms with Gasteiger partial charge >= 0.3 is 0 Å². The zero-order valence-corrected chi connectivity index (χ0v) is 21.7. The van der Waals surface area contributed by atoms with Crippen LogP contribution in [0.5, 0.6) is 11.5 Å². The lowest BCUT2D eigenvalue weighted by Crippen LogP contribution is -2.41. The summed E-state index contributed by atoms with van der Waals surface area (Å²) in [7, 11) is -0.879. The van der Waals surface area contributed by atoms with E-state index in [1.807, 2.05) is 44.2 Å². The highest BCUT2D eigenvalue weighted by Crippen LogP contribution is 2.30. The molecule has 0 radical (unpaired) electrons. The monoisotopic (exact) mass is 516 g/mol. The molecule has 3 rings (SSSR count). The van der Waals surface area contributed by atoms with Crippen molar-refractivity contribution in [2.24, 2.45) is 0 Å². The molecule has 0 aliphatic rings. The maximum atomic E-state index is 13.4. The van der Waals surface area contributed by atoms with Crippen molar-refractivity contribution in [1.82, 2.24) is 9.62 Å². The summed E-state index contributed by atoms with van der Waals surface area (Å²) in [5.74, 6) is 0.683. The molecule has 7 nitrogen and oxygen atoms in total. The van der Waals surface area contributed by atoms with Crippen LogP contribution in [-0.2, 0) is 21.4 Å². The summed E-state index contributed by atoms with van der Waals surface area (Å²) in [6, 6.07) is 18.4. The molecule has 0 spiro atoms. The first-order valence-electron chi connectivity index (χ1n) is 11.0. The Kier molecular flexibility index (Phi) is 8.77. The SMILES string of the molecule is COc1ccc([C@H](C)NC(=O)CN(Cc2ccc(C)cc2)S(=O)(=O)c2ccc(Cl)cc2)cc1OC. The lowest BCUT2D eigenvalue weighted by molar-refractivity contribution is -0.122. The lowest BCUT2D eigenvalue weighted by atomic mass is 10.1. The molecule has 0 aliphatic heterocycles. The molecule has 35 heavy (non-hydrogen) atoms. The topological polar surface area (TPSA) is 84.9 Å². The van der Waals surface area contributed by atoms with Crippen LogP contribution < -0.4 is 14.8 Å². The van der Waals surface area contributed by atoms with Crippen molar-refractivity contribution in [3.05, 3.63) is 88.4 Å². The Balaban J connectivity index is 1.83. The van der Waals surface area contributed by atoms with Crippen LogP contribution in [-0.4, -0.2) is 39.4 Å². The summed E-state index contributed by atoms with van der Waals surface area (Å²) in [6.45, 7) is 3.46. The average molecular weight is 517 g/mol. The number of nitrogens with one attached hydrogen (secondary N) is 1. The van der Waals surface area contributed by atoms with Crippen LogP contribution in [0.2, 0.25) is 5.02 Å². The smallest absolute Gasteiger partial charge is 0.243 e. The van der Waals surface area contributed by atoms with E-state index in [0.29, 0.717) is 16.5 Å². The number of methoxy groups -OCH3 is 2. The van der Waals surface area contributed by atoms with Gasteiger partial charge in [-0.2, -0.15) is 4.31 Å². The second-order valence-electron chi connectivity index (χ2n) is 8.12. The Morgan fingerprint density at radius 2 is 1.60 bits per heavy atom. The highest BCUT2D eigenvalue weighted by atomic mass is 35.5. The zero-order chi connectivity index (χ0) is 25.6. The fraction of sp³-hybridized carbons (Fsp3) is 0.269. The van der Waals surface area contributed by atoms with Gasteiger partial charge in [0.2, 0.25) is 15.9 Å². The maximum Gasteiger partial charge on any atom is 0.243 e. The van der Waals surface area contributed by atoms with Crippen molar-refractivity contribution >= 4 is 27.5 Å². The number of ether oxygens (including phenoxy) is 2. The number of carbonyl (C=O) groups excluding carboxylic acids is 1. The molecule has 9 heteroatoms. The van der Waals surface area contributed by atoms with E-state index in [1.54, 1.807) is 19.2 Å². The molecular weight excluding hydrogens is 488 g/mol. The Morgan fingerprint density at radius 3 is 2.20 bits per heavy atom. The second-order valence-corrected chi connectivity index (χ2v) is 10.5. The van der Waals surface area contributed by atoms with Crippen molar-refractivity contribution in [3.8, 4) is 11.5 Å². The summed E-state index contributed by atoms with van der Waals surface area (Å²) in [6.07, 6.45) is 0. The highest BCUT2D eigenvalue weighted by Gasteiger charge is 2.27. The summed E-state index contributed by atoms with van der Waals surface area (Å²) < 4.78 is 38.6. The van der Waals surface area contributed by atoms with Crippen molar-refractivity contribution in [2.45, 2.75) is 31.3 Å². The van der Waals surface area contributed by atoms with Crippen LogP contribution >= 0.6 is 11.6 Å². The van der Waals surface area contributed by atoms with E-state index in [1.165, 1.54) is 31.4 Å². The predicted octanol–water partition coefficient (Wildman–Crippen LogP) is 4.73. The third-order valence-corrected chi connectivity index (χ3v) is 7.59. The van der Waals surface area contributed by atoms with Crippen molar-refractivity contribution in [3.63, 3.8) is 0 Å². The molecule has 3 aromatic carbocycles. The fourth-order valence-electron chi connectivity index (χ4n) is 3.53. The molecule has 0 fully saturated rings. The minimum atomic E-state index is -3.96. The van der Waals surface area contributed by atoms with Gasteiger partial charge in [0.1, 0.15) is 0 Å². The molecule has 0 heterocycles.